The van der Waals surface area contributed by atoms with Crippen LogP contribution in [0.15, 0.2) is 65.6 Å². The van der Waals surface area contributed by atoms with Crippen LogP contribution < -0.4 is 5.32 Å². The van der Waals surface area contributed by atoms with Crippen molar-refractivity contribution < 1.29 is 9.21 Å². The molecule has 0 aliphatic carbocycles. The summed E-state index contributed by atoms with van der Waals surface area (Å²) in [6, 6.07) is 13.4. The summed E-state index contributed by atoms with van der Waals surface area (Å²) >= 11 is 0. The first kappa shape index (κ1) is 16.8. The molecule has 0 saturated heterocycles. The first-order valence-electron chi connectivity index (χ1n) is 8.48. The molecule has 0 fully saturated rings. The zero-order valence-corrected chi connectivity index (χ0v) is 14.7. The maximum absolute atomic E-state index is 12.3. The maximum atomic E-state index is 12.3. The monoisotopic (exact) mass is 362 g/mol. The van der Waals surface area contributed by atoms with Gasteiger partial charge in [0.05, 0.1) is 13.1 Å². The van der Waals surface area contributed by atoms with Crippen molar-refractivity contribution in [3.05, 3.63) is 83.8 Å². The predicted molar refractivity (Wildman–Crippen MR) is 98.3 cm³/mol. The van der Waals surface area contributed by atoms with E-state index in [-0.39, 0.29) is 11.7 Å². The average molecular weight is 362 g/mol. The molecule has 27 heavy (non-hydrogen) atoms. The van der Waals surface area contributed by atoms with Crippen molar-refractivity contribution in [3.8, 4) is 0 Å². The van der Waals surface area contributed by atoms with Gasteiger partial charge in [0.15, 0.2) is 5.76 Å². The van der Waals surface area contributed by atoms with E-state index in [1.807, 2.05) is 37.4 Å². The van der Waals surface area contributed by atoms with Crippen molar-refractivity contribution in [3.63, 3.8) is 0 Å². The van der Waals surface area contributed by atoms with Crippen LogP contribution in [0.3, 0.4) is 0 Å². The van der Waals surface area contributed by atoms with Crippen molar-refractivity contribution in [2.75, 3.05) is 5.32 Å². The van der Waals surface area contributed by atoms with Gasteiger partial charge in [0.1, 0.15) is 12.1 Å². The molecule has 1 aromatic carbocycles. The van der Waals surface area contributed by atoms with Gasteiger partial charge in [0, 0.05) is 12.4 Å². The van der Waals surface area contributed by atoms with Crippen LogP contribution >= 0.6 is 0 Å². The number of nitrogens with one attached hydrogen (secondary N) is 1. The Bertz CT molecular complexity index is 1050. The van der Waals surface area contributed by atoms with Gasteiger partial charge in [-0.05, 0) is 30.7 Å². The van der Waals surface area contributed by atoms with Gasteiger partial charge in [-0.1, -0.05) is 29.8 Å². The lowest BCUT2D eigenvalue weighted by Crippen LogP contribution is -2.12. The van der Waals surface area contributed by atoms with Crippen molar-refractivity contribution >= 4 is 11.9 Å². The Kier molecular flexibility index (Phi) is 4.52. The minimum Gasteiger partial charge on any atom is -0.454 e. The standard InChI is InChI=1S/C19H18N6O2/c1-14-4-2-5-15(10-14)11-25-13-20-19(23-25)22-18(26)17-7-6-16(27-17)12-24-9-3-8-21-24/h2-10,13H,11-12H2,1H3,(H,22,23,26). The first-order chi connectivity index (χ1) is 13.2. The van der Waals surface area contributed by atoms with E-state index in [1.54, 1.807) is 34.0 Å². The summed E-state index contributed by atoms with van der Waals surface area (Å²) in [5.41, 5.74) is 2.30. The molecule has 0 spiro atoms. The Morgan fingerprint density at radius 3 is 2.89 bits per heavy atom. The van der Waals surface area contributed by atoms with E-state index in [2.05, 4.69) is 26.6 Å². The third-order valence-electron chi connectivity index (χ3n) is 3.95. The lowest BCUT2D eigenvalue weighted by Gasteiger charge is -2.02. The Labute approximate surface area is 155 Å². The smallest absolute Gasteiger partial charge is 0.293 e. The average Bonchev–Trinajstić information content (AvgIpc) is 3.38. The molecule has 136 valence electrons. The van der Waals surface area contributed by atoms with Gasteiger partial charge in [0.2, 0.25) is 5.95 Å². The second-order valence-corrected chi connectivity index (χ2v) is 6.18. The van der Waals surface area contributed by atoms with Crippen molar-refractivity contribution in [2.24, 2.45) is 0 Å². The van der Waals surface area contributed by atoms with Crippen molar-refractivity contribution in [2.45, 2.75) is 20.0 Å². The summed E-state index contributed by atoms with van der Waals surface area (Å²) in [7, 11) is 0. The van der Waals surface area contributed by atoms with Gasteiger partial charge < -0.3 is 4.42 Å². The molecule has 0 radical (unpaired) electrons. The molecule has 8 heteroatoms. The molecule has 0 saturated carbocycles. The van der Waals surface area contributed by atoms with Crippen LogP contribution in [0, 0.1) is 6.92 Å². The molecule has 0 aliphatic rings. The van der Waals surface area contributed by atoms with Crippen LogP contribution in [0.4, 0.5) is 5.95 Å². The topological polar surface area (TPSA) is 90.8 Å². The molecular weight excluding hydrogens is 344 g/mol. The zero-order valence-electron chi connectivity index (χ0n) is 14.7. The minimum atomic E-state index is -0.393. The number of furan rings is 1. The third kappa shape index (κ3) is 4.12. The van der Waals surface area contributed by atoms with E-state index in [0.29, 0.717) is 18.8 Å². The Morgan fingerprint density at radius 1 is 1.15 bits per heavy atom. The quantitative estimate of drug-likeness (QED) is 0.569. The summed E-state index contributed by atoms with van der Waals surface area (Å²) in [5.74, 6) is 0.682. The summed E-state index contributed by atoms with van der Waals surface area (Å²) in [5, 5.41) is 11.0. The molecule has 1 N–H and O–H groups in total. The Hall–Kier alpha value is -3.68. The van der Waals surface area contributed by atoms with Crippen LogP contribution in [0.1, 0.15) is 27.4 Å². The summed E-state index contributed by atoms with van der Waals surface area (Å²) in [6.45, 7) is 3.09. The number of aromatic nitrogens is 5. The lowest BCUT2D eigenvalue weighted by atomic mass is 10.1. The van der Waals surface area contributed by atoms with Gasteiger partial charge in [-0.15, -0.1) is 5.10 Å². The molecular formula is C19H18N6O2. The SMILES string of the molecule is Cc1cccc(Cn2cnc(NC(=O)c3ccc(Cn4cccn4)o3)n2)c1. The van der Waals surface area contributed by atoms with Crippen LogP contribution in [0.25, 0.3) is 0 Å². The second kappa shape index (κ2) is 7.28. The molecule has 3 heterocycles. The van der Waals surface area contributed by atoms with E-state index in [9.17, 15) is 4.79 Å². The normalized spacial score (nSPS) is 10.9. The fourth-order valence-electron chi connectivity index (χ4n) is 2.73. The molecule has 1 amide bonds. The molecule has 0 bridgehead atoms. The van der Waals surface area contributed by atoms with E-state index in [4.69, 9.17) is 4.42 Å². The Morgan fingerprint density at radius 2 is 2.07 bits per heavy atom. The van der Waals surface area contributed by atoms with Gasteiger partial charge >= 0.3 is 0 Å². The predicted octanol–water partition coefficient (Wildman–Crippen LogP) is 2.72. The highest BCUT2D eigenvalue weighted by atomic mass is 16.4. The number of anilines is 1. The maximum Gasteiger partial charge on any atom is 0.293 e. The molecule has 3 aromatic heterocycles. The fraction of sp³-hybridized carbons (Fsp3) is 0.158. The number of rotatable bonds is 6. The number of nitrogens with zero attached hydrogens (tertiary/aromatic N) is 5. The van der Waals surface area contributed by atoms with Crippen LogP contribution in [0.2, 0.25) is 0 Å². The van der Waals surface area contributed by atoms with Crippen molar-refractivity contribution in [1.82, 2.24) is 24.5 Å². The summed E-state index contributed by atoms with van der Waals surface area (Å²) < 4.78 is 8.96. The van der Waals surface area contributed by atoms with Gasteiger partial charge in [-0.25, -0.2) is 9.67 Å². The number of aryl methyl sites for hydroxylation is 1. The van der Waals surface area contributed by atoms with E-state index in [1.165, 1.54) is 5.56 Å². The fourth-order valence-corrected chi connectivity index (χ4v) is 2.73. The van der Waals surface area contributed by atoms with Crippen LogP contribution in [-0.4, -0.2) is 30.5 Å². The number of carbonyl (C=O) groups excluding carboxylic acids is 1. The molecule has 4 rings (SSSR count). The summed E-state index contributed by atoms with van der Waals surface area (Å²) in [4.78, 5) is 16.5. The number of hydrogen-bond acceptors (Lipinski definition) is 5. The zero-order chi connectivity index (χ0) is 18.6. The summed E-state index contributed by atoms with van der Waals surface area (Å²) in [6.07, 6.45) is 5.10. The molecule has 0 aliphatic heterocycles. The highest BCUT2D eigenvalue weighted by molar-refractivity contribution is 6.01. The number of amides is 1. The highest BCUT2D eigenvalue weighted by Gasteiger charge is 2.14. The largest absolute Gasteiger partial charge is 0.454 e. The van der Waals surface area contributed by atoms with Crippen molar-refractivity contribution in [1.29, 1.82) is 0 Å². The number of carbonyl (C=O) groups is 1. The minimum absolute atomic E-state index is 0.201. The molecule has 0 atom stereocenters. The molecule has 8 nitrogen and oxygen atoms in total. The number of hydrogen-bond donors (Lipinski definition) is 1. The van der Waals surface area contributed by atoms with Crippen LogP contribution in [-0.2, 0) is 13.1 Å². The van der Waals surface area contributed by atoms with E-state index >= 15 is 0 Å². The lowest BCUT2D eigenvalue weighted by molar-refractivity contribution is 0.0993. The third-order valence-corrected chi connectivity index (χ3v) is 3.95. The number of benzene rings is 1. The Balaban J connectivity index is 1.38. The van der Waals surface area contributed by atoms with Gasteiger partial charge in [0.25, 0.3) is 5.91 Å². The van der Waals surface area contributed by atoms with Crippen LogP contribution in [0.5, 0.6) is 0 Å². The molecule has 4 aromatic rings. The van der Waals surface area contributed by atoms with E-state index in [0.717, 1.165) is 5.56 Å². The van der Waals surface area contributed by atoms with E-state index < -0.39 is 5.91 Å². The van der Waals surface area contributed by atoms with Gasteiger partial charge in [-0.2, -0.15) is 5.10 Å². The first-order valence-corrected chi connectivity index (χ1v) is 8.48. The highest BCUT2D eigenvalue weighted by Crippen LogP contribution is 2.12. The second-order valence-electron chi connectivity index (χ2n) is 6.18. The molecule has 0 unspecified atom stereocenters. The van der Waals surface area contributed by atoms with Gasteiger partial charge in [-0.3, -0.25) is 14.8 Å².